The van der Waals surface area contributed by atoms with Crippen molar-refractivity contribution in [1.82, 2.24) is 0 Å². The Hall–Kier alpha value is 0.550. The Kier molecular flexibility index (Phi) is 6.52. The van der Waals surface area contributed by atoms with Crippen LogP contribution in [-0.2, 0) is 9.13 Å². The van der Waals surface area contributed by atoms with Crippen molar-refractivity contribution in [3.05, 3.63) is 0 Å². The molecule has 4 N–H and O–H groups in total. The van der Waals surface area contributed by atoms with Gasteiger partial charge in [-0.15, -0.1) is 0 Å². The van der Waals surface area contributed by atoms with Crippen LogP contribution in [0.15, 0.2) is 0 Å². The lowest BCUT2D eigenvalue weighted by atomic mass is 9.92. The Morgan fingerprint density at radius 1 is 1.15 bits per heavy atom. The molecule has 1 fully saturated rings. The first-order valence-electron chi connectivity index (χ1n) is 6.22. The van der Waals surface area contributed by atoms with Crippen molar-refractivity contribution in [3.8, 4) is 0 Å². The average molecular weight is 352 g/mol. The number of halogens is 1. The summed E-state index contributed by atoms with van der Waals surface area (Å²) in [5.41, 5.74) is 0. The smallest absolute Gasteiger partial charge is 0.343 e. The summed E-state index contributed by atoms with van der Waals surface area (Å²) in [4.78, 5) is 35.1. The van der Waals surface area contributed by atoms with Gasteiger partial charge in [0.15, 0.2) is 4.90 Å². The lowest BCUT2D eigenvalue weighted by molar-refractivity contribution is -0.898. The van der Waals surface area contributed by atoms with Gasteiger partial charge in [-0.25, -0.2) is 0 Å². The van der Waals surface area contributed by atoms with Gasteiger partial charge in [-0.2, -0.15) is 0 Å². The first kappa shape index (κ1) is 20.6. The molecule has 1 aliphatic heterocycles. The summed E-state index contributed by atoms with van der Waals surface area (Å²) in [5.74, 6) is -0.0889. The third-order valence-corrected chi connectivity index (χ3v) is 8.50. The van der Waals surface area contributed by atoms with Gasteiger partial charge in [-0.3, -0.25) is 9.13 Å². The Balaban J connectivity index is 0.00000361. The van der Waals surface area contributed by atoms with Gasteiger partial charge in [0, 0.05) is 5.92 Å². The zero-order valence-electron chi connectivity index (χ0n) is 11.9. The molecule has 1 atom stereocenters. The number of hydrogen-bond donors (Lipinski definition) is 4. The maximum Gasteiger partial charge on any atom is 0.343 e. The molecule has 0 aromatic heterocycles. The third kappa shape index (κ3) is 4.52. The molecule has 0 aromatic rings. The summed E-state index contributed by atoms with van der Waals surface area (Å²) < 4.78 is 23.8. The summed E-state index contributed by atoms with van der Waals surface area (Å²) in [6.07, 6.45) is 1.50. The van der Waals surface area contributed by atoms with Crippen molar-refractivity contribution in [2.45, 2.75) is 31.1 Å². The van der Waals surface area contributed by atoms with Gasteiger partial charge in [0.2, 0.25) is 0 Å². The van der Waals surface area contributed by atoms with E-state index in [1.54, 1.807) is 0 Å². The minimum absolute atomic E-state index is 0. The highest BCUT2D eigenvalue weighted by molar-refractivity contribution is 7.72. The van der Waals surface area contributed by atoms with E-state index in [9.17, 15) is 28.7 Å². The summed E-state index contributed by atoms with van der Waals surface area (Å²) in [7, 11) is -5.75. The van der Waals surface area contributed by atoms with Crippen LogP contribution in [-0.4, -0.2) is 56.1 Å². The van der Waals surface area contributed by atoms with Gasteiger partial charge in [0.1, 0.15) is 0 Å². The molecular weight excluding hydrogens is 328 g/mol. The highest BCUT2D eigenvalue weighted by atomic mass is 35.5. The third-order valence-electron chi connectivity index (χ3n) is 4.06. The van der Waals surface area contributed by atoms with Crippen LogP contribution in [0.5, 0.6) is 0 Å². The van der Waals surface area contributed by atoms with Crippen LogP contribution in [0.4, 0.5) is 0 Å². The molecule has 0 radical (unpaired) electrons. The number of likely N-dealkylation sites (tertiary alicyclic amines) is 1. The number of piperidine rings is 1. The average Bonchev–Trinajstić information content (AvgIpc) is 2.11. The first-order valence-corrected chi connectivity index (χ1v) is 9.44. The highest BCUT2D eigenvalue weighted by Gasteiger charge is 2.57. The van der Waals surface area contributed by atoms with E-state index in [2.05, 4.69) is 0 Å². The maximum atomic E-state index is 11.5. The fourth-order valence-corrected chi connectivity index (χ4v) is 5.16. The summed E-state index contributed by atoms with van der Waals surface area (Å²) in [6, 6.07) is 0. The van der Waals surface area contributed by atoms with Crippen molar-refractivity contribution >= 4 is 15.2 Å². The Morgan fingerprint density at radius 3 is 1.95 bits per heavy atom. The van der Waals surface area contributed by atoms with Gasteiger partial charge in [-0.05, 0) is 26.2 Å². The van der Waals surface area contributed by atoms with Crippen LogP contribution in [0, 0.1) is 5.92 Å². The number of quaternary nitrogens is 1. The fourth-order valence-electron chi connectivity index (χ4n) is 2.81. The molecule has 1 rings (SSSR count). The lowest BCUT2D eigenvalue weighted by Crippen LogP contribution is -3.00. The van der Waals surface area contributed by atoms with Crippen LogP contribution in [0.1, 0.15) is 26.2 Å². The molecule has 0 saturated carbocycles. The second-order valence-electron chi connectivity index (χ2n) is 6.36. The van der Waals surface area contributed by atoms with E-state index in [1.807, 2.05) is 14.1 Å². The van der Waals surface area contributed by atoms with Crippen molar-refractivity contribution in [2.24, 2.45) is 5.92 Å². The van der Waals surface area contributed by atoms with E-state index < -0.39 is 20.1 Å². The SMILES string of the molecule is CC(CC1CCC[N+](C)(C)C1)(P(=O)(O)O)P(=O)(O)O.[Cl-]. The van der Waals surface area contributed by atoms with Crippen LogP contribution in [0.25, 0.3) is 0 Å². The van der Waals surface area contributed by atoms with Crippen molar-refractivity contribution in [3.63, 3.8) is 0 Å². The first-order chi connectivity index (χ1) is 8.29. The molecule has 0 spiro atoms. The van der Waals surface area contributed by atoms with E-state index in [0.717, 1.165) is 26.3 Å². The van der Waals surface area contributed by atoms with Gasteiger partial charge >= 0.3 is 15.2 Å². The molecule has 1 saturated heterocycles. The molecule has 10 heteroatoms. The topological polar surface area (TPSA) is 115 Å². The zero-order chi connectivity index (χ0) is 15.1. The van der Waals surface area contributed by atoms with E-state index in [4.69, 9.17) is 0 Å². The molecule has 1 unspecified atom stereocenters. The minimum Gasteiger partial charge on any atom is -1.00 e. The Labute approximate surface area is 125 Å². The van der Waals surface area contributed by atoms with Crippen molar-refractivity contribution < 1.29 is 45.6 Å². The van der Waals surface area contributed by atoms with Gasteiger partial charge in [0.25, 0.3) is 0 Å². The fraction of sp³-hybridized carbons (Fsp3) is 1.00. The van der Waals surface area contributed by atoms with E-state index in [-0.39, 0.29) is 24.7 Å². The van der Waals surface area contributed by atoms with Crippen LogP contribution in [0.3, 0.4) is 0 Å². The van der Waals surface area contributed by atoms with E-state index in [1.165, 1.54) is 0 Å². The van der Waals surface area contributed by atoms with Crippen LogP contribution < -0.4 is 12.4 Å². The van der Waals surface area contributed by atoms with Crippen molar-refractivity contribution in [2.75, 3.05) is 27.2 Å². The standard InChI is InChI=1S/C10H23NO6P2.ClH/c1-10(18(12,13)14,19(15,16)17)7-9-5-4-6-11(2,3)8-9;/h9H,4-8H2,1-3H3,(H3-,12,13,14,15,16,17);1H. The quantitative estimate of drug-likeness (QED) is 0.342. The predicted molar refractivity (Wildman–Crippen MR) is 71.7 cm³/mol. The zero-order valence-corrected chi connectivity index (χ0v) is 14.5. The van der Waals surface area contributed by atoms with Gasteiger partial charge in [-0.1, -0.05) is 0 Å². The van der Waals surface area contributed by atoms with Gasteiger partial charge < -0.3 is 36.5 Å². The maximum absolute atomic E-state index is 11.5. The van der Waals surface area contributed by atoms with Crippen molar-refractivity contribution in [1.29, 1.82) is 0 Å². The molecule has 122 valence electrons. The molecule has 0 bridgehead atoms. The number of rotatable bonds is 4. The van der Waals surface area contributed by atoms with Crippen LogP contribution >= 0.6 is 15.2 Å². The Morgan fingerprint density at radius 2 is 1.60 bits per heavy atom. The second kappa shape index (κ2) is 6.35. The predicted octanol–water partition coefficient (Wildman–Crippen LogP) is -2.06. The summed E-state index contributed by atoms with van der Waals surface area (Å²) in [5, 5.41) is 0. The van der Waals surface area contributed by atoms with E-state index in [0.29, 0.717) is 11.0 Å². The molecule has 0 aliphatic carbocycles. The number of hydrogen-bond acceptors (Lipinski definition) is 2. The molecular formula is C10H24ClNO6P2. The molecule has 1 heterocycles. The molecule has 1 aliphatic rings. The molecule has 0 aromatic carbocycles. The summed E-state index contributed by atoms with van der Waals surface area (Å²) in [6.45, 7) is 2.65. The molecule has 20 heavy (non-hydrogen) atoms. The van der Waals surface area contributed by atoms with Gasteiger partial charge in [0.05, 0.1) is 27.2 Å². The normalized spacial score (nSPS) is 24.1. The highest BCUT2D eigenvalue weighted by Crippen LogP contribution is 2.71. The Bertz CT molecular complexity index is 409. The largest absolute Gasteiger partial charge is 1.00 e. The number of nitrogens with zero attached hydrogens (tertiary/aromatic N) is 1. The minimum atomic E-state index is -4.89. The van der Waals surface area contributed by atoms with Crippen LogP contribution in [0.2, 0.25) is 0 Å². The van der Waals surface area contributed by atoms with E-state index >= 15 is 0 Å². The second-order valence-corrected chi connectivity index (χ2v) is 10.9. The molecule has 7 nitrogen and oxygen atoms in total. The monoisotopic (exact) mass is 351 g/mol. The lowest BCUT2D eigenvalue weighted by Gasteiger charge is -2.41. The molecule has 0 amide bonds. The summed E-state index contributed by atoms with van der Waals surface area (Å²) >= 11 is 0.